The van der Waals surface area contributed by atoms with Crippen molar-refractivity contribution in [3.05, 3.63) is 30.4 Å². The molecule has 1 fully saturated rings. The van der Waals surface area contributed by atoms with Crippen molar-refractivity contribution in [2.75, 3.05) is 37.4 Å². The molecule has 2 aromatic rings. The number of aliphatic hydroxyl groups is 1. The first-order valence-corrected chi connectivity index (χ1v) is 9.54. The largest absolute Gasteiger partial charge is 0.461 e. The van der Waals surface area contributed by atoms with Crippen LogP contribution in [0.4, 0.5) is 11.6 Å². The van der Waals surface area contributed by atoms with Crippen molar-refractivity contribution < 1.29 is 9.84 Å². The first-order chi connectivity index (χ1) is 13.4. The van der Waals surface area contributed by atoms with Crippen molar-refractivity contribution in [1.82, 2.24) is 24.8 Å². The lowest BCUT2D eigenvalue weighted by atomic mass is 10.2. The molecule has 2 aromatic heterocycles. The highest BCUT2D eigenvalue weighted by Crippen LogP contribution is 2.25. The summed E-state index contributed by atoms with van der Waals surface area (Å²) in [6, 6.07) is 4.35. The van der Waals surface area contributed by atoms with Gasteiger partial charge in [-0.1, -0.05) is 0 Å². The molecule has 0 aromatic carbocycles. The van der Waals surface area contributed by atoms with Gasteiger partial charge in [0.05, 0.1) is 24.4 Å². The molecule has 28 heavy (non-hydrogen) atoms. The Morgan fingerprint density at radius 3 is 2.89 bits per heavy atom. The SMILES string of the molecule is CC(C)Oc1nccc(CNc2cc(N3C[C@H](O)C[C@@H]3CN(C)C)ncn2)n1. The molecule has 3 rings (SSSR count). The number of rotatable bonds is 8. The van der Waals surface area contributed by atoms with E-state index in [1.165, 1.54) is 0 Å². The minimum atomic E-state index is -0.336. The van der Waals surface area contributed by atoms with E-state index in [2.05, 4.69) is 35.1 Å². The number of hydrogen-bond donors (Lipinski definition) is 2. The molecule has 9 nitrogen and oxygen atoms in total. The van der Waals surface area contributed by atoms with Crippen LogP contribution in [0, 0.1) is 0 Å². The summed E-state index contributed by atoms with van der Waals surface area (Å²) in [7, 11) is 4.07. The van der Waals surface area contributed by atoms with Gasteiger partial charge in [-0.15, -0.1) is 0 Å². The Morgan fingerprint density at radius 1 is 1.32 bits per heavy atom. The van der Waals surface area contributed by atoms with E-state index in [0.29, 0.717) is 24.9 Å². The van der Waals surface area contributed by atoms with Gasteiger partial charge in [0.25, 0.3) is 0 Å². The minimum Gasteiger partial charge on any atom is -0.461 e. The Labute approximate surface area is 165 Å². The molecule has 0 spiro atoms. The summed E-state index contributed by atoms with van der Waals surface area (Å²) in [6.07, 6.45) is 3.66. The Kier molecular flexibility index (Phi) is 6.58. The van der Waals surface area contributed by atoms with Gasteiger partial charge in [-0.25, -0.2) is 15.0 Å². The molecular formula is C19H29N7O2. The predicted octanol–water partition coefficient (Wildman–Crippen LogP) is 1.17. The second-order valence-electron chi connectivity index (χ2n) is 7.57. The zero-order valence-corrected chi connectivity index (χ0v) is 16.9. The van der Waals surface area contributed by atoms with Crippen LogP contribution in [0.5, 0.6) is 6.01 Å². The van der Waals surface area contributed by atoms with Gasteiger partial charge in [-0.05, 0) is 40.4 Å². The van der Waals surface area contributed by atoms with Crippen LogP contribution in [0.2, 0.25) is 0 Å². The molecule has 1 saturated heterocycles. The Morgan fingerprint density at radius 2 is 2.14 bits per heavy atom. The van der Waals surface area contributed by atoms with E-state index in [0.717, 1.165) is 24.5 Å². The maximum absolute atomic E-state index is 10.1. The van der Waals surface area contributed by atoms with Gasteiger partial charge in [-0.2, -0.15) is 4.98 Å². The third-order valence-corrected chi connectivity index (χ3v) is 4.40. The highest BCUT2D eigenvalue weighted by molar-refractivity contribution is 5.50. The maximum atomic E-state index is 10.1. The van der Waals surface area contributed by atoms with Crippen LogP contribution in [-0.4, -0.2) is 75.4 Å². The fraction of sp³-hybridized carbons (Fsp3) is 0.579. The van der Waals surface area contributed by atoms with Gasteiger partial charge >= 0.3 is 6.01 Å². The van der Waals surface area contributed by atoms with Gasteiger partial charge in [-0.3, -0.25) is 0 Å². The zero-order valence-electron chi connectivity index (χ0n) is 16.9. The lowest BCUT2D eigenvalue weighted by molar-refractivity contribution is 0.191. The standard InChI is InChI=1S/C19H29N7O2/c1-13(2)28-19-20-6-5-14(24-19)9-21-17-8-18(23-12-22-17)26-11-16(27)7-15(26)10-25(3)4/h5-6,8,12-13,15-16,27H,7,9-11H2,1-4H3,(H,21,22,23)/t15-,16-/m1/s1. The van der Waals surface area contributed by atoms with Crippen LogP contribution in [0.1, 0.15) is 26.0 Å². The van der Waals surface area contributed by atoms with Crippen molar-refractivity contribution in [2.24, 2.45) is 0 Å². The topological polar surface area (TPSA) is 99.5 Å². The Hall–Kier alpha value is -2.52. The molecule has 1 aliphatic rings. The summed E-state index contributed by atoms with van der Waals surface area (Å²) in [5.41, 5.74) is 0.813. The van der Waals surface area contributed by atoms with E-state index >= 15 is 0 Å². The summed E-state index contributed by atoms with van der Waals surface area (Å²) >= 11 is 0. The monoisotopic (exact) mass is 387 g/mol. The molecule has 2 atom stereocenters. The molecule has 3 heterocycles. The van der Waals surface area contributed by atoms with Crippen LogP contribution in [0.25, 0.3) is 0 Å². The normalized spacial score (nSPS) is 19.5. The highest BCUT2D eigenvalue weighted by atomic mass is 16.5. The van der Waals surface area contributed by atoms with Crippen LogP contribution < -0.4 is 15.0 Å². The summed E-state index contributed by atoms with van der Waals surface area (Å²) in [4.78, 5) is 21.5. The molecule has 2 N–H and O–H groups in total. The molecular weight excluding hydrogens is 358 g/mol. The zero-order chi connectivity index (χ0) is 20.1. The number of aliphatic hydroxyl groups excluding tert-OH is 1. The van der Waals surface area contributed by atoms with Crippen molar-refractivity contribution >= 4 is 11.6 Å². The highest BCUT2D eigenvalue weighted by Gasteiger charge is 2.32. The maximum Gasteiger partial charge on any atom is 0.316 e. The third kappa shape index (κ3) is 5.49. The molecule has 0 bridgehead atoms. The van der Waals surface area contributed by atoms with E-state index in [1.54, 1.807) is 12.5 Å². The molecule has 1 aliphatic heterocycles. The number of likely N-dealkylation sites (N-methyl/N-ethyl adjacent to an activating group) is 1. The molecule has 0 radical (unpaired) electrons. The van der Waals surface area contributed by atoms with E-state index in [4.69, 9.17) is 4.74 Å². The van der Waals surface area contributed by atoms with Crippen molar-refractivity contribution in [3.8, 4) is 6.01 Å². The third-order valence-electron chi connectivity index (χ3n) is 4.40. The summed E-state index contributed by atoms with van der Waals surface area (Å²) in [5.74, 6) is 1.52. The van der Waals surface area contributed by atoms with Crippen LogP contribution in [0.3, 0.4) is 0 Å². The van der Waals surface area contributed by atoms with Crippen molar-refractivity contribution in [3.63, 3.8) is 0 Å². The molecule has 0 saturated carbocycles. The second kappa shape index (κ2) is 9.11. The summed E-state index contributed by atoms with van der Waals surface area (Å²) < 4.78 is 5.54. The number of anilines is 2. The smallest absolute Gasteiger partial charge is 0.316 e. The number of hydrogen-bond acceptors (Lipinski definition) is 9. The fourth-order valence-electron chi connectivity index (χ4n) is 3.29. The van der Waals surface area contributed by atoms with Crippen molar-refractivity contribution in [1.29, 1.82) is 0 Å². The van der Waals surface area contributed by atoms with E-state index in [-0.39, 0.29) is 18.2 Å². The molecule has 152 valence electrons. The molecule has 0 aliphatic carbocycles. The van der Waals surface area contributed by atoms with Crippen LogP contribution >= 0.6 is 0 Å². The quantitative estimate of drug-likeness (QED) is 0.691. The first-order valence-electron chi connectivity index (χ1n) is 9.54. The van der Waals surface area contributed by atoms with E-state index in [1.807, 2.05) is 40.1 Å². The number of aromatic nitrogens is 4. The fourth-order valence-corrected chi connectivity index (χ4v) is 3.29. The van der Waals surface area contributed by atoms with Crippen LogP contribution in [-0.2, 0) is 6.54 Å². The Balaban J connectivity index is 1.67. The van der Waals surface area contributed by atoms with E-state index in [9.17, 15) is 5.11 Å². The lowest BCUT2D eigenvalue weighted by Gasteiger charge is -2.27. The van der Waals surface area contributed by atoms with Gasteiger partial charge in [0.2, 0.25) is 0 Å². The Bertz CT molecular complexity index is 771. The van der Waals surface area contributed by atoms with Gasteiger partial charge < -0.3 is 25.0 Å². The van der Waals surface area contributed by atoms with Crippen molar-refractivity contribution in [2.45, 2.75) is 45.1 Å². The van der Waals surface area contributed by atoms with Gasteiger partial charge in [0.15, 0.2) is 0 Å². The molecule has 9 heteroatoms. The lowest BCUT2D eigenvalue weighted by Crippen LogP contribution is -2.38. The van der Waals surface area contributed by atoms with Gasteiger partial charge in [0, 0.05) is 31.4 Å². The number of nitrogens with one attached hydrogen (secondary N) is 1. The number of β-amino-alcohol motifs (C(OH)–C–C–N with tert-alkyl or cyclic N) is 1. The minimum absolute atomic E-state index is 0.0264. The first kappa shape index (κ1) is 20.2. The molecule has 0 unspecified atom stereocenters. The average molecular weight is 387 g/mol. The summed E-state index contributed by atoms with van der Waals surface area (Å²) in [5, 5.41) is 13.4. The average Bonchev–Trinajstić information content (AvgIpc) is 2.99. The summed E-state index contributed by atoms with van der Waals surface area (Å²) in [6.45, 7) is 5.82. The number of ether oxygens (including phenoxy) is 1. The molecule has 0 amide bonds. The second-order valence-corrected chi connectivity index (χ2v) is 7.57. The van der Waals surface area contributed by atoms with Gasteiger partial charge in [0.1, 0.15) is 18.0 Å². The van der Waals surface area contributed by atoms with E-state index < -0.39 is 0 Å². The predicted molar refractivity (Wildman–Crippen MR) is 107 cm³/mol. The number of nitrogens with zero attached hydrogens (tertiary/aromatic N) is 6. The van der Waals surface area contributed by atoms with Crippen LogP contribution in [0.15, 0.2) is 24.7 Å².